The molecule has 1 aromatic carbocycles. The number of nitriles is 1. The molecule has 1 aromatic rings. The van der Waals surface area contributed by atoms with E-state index in [9.17, 15) is 4.79 Å². The third-order valence-electron chi connectivity index (χ3n) is 5.88. The van der Waals surface area contributed by atoms with Gasteiger partial charge in [-0.3, -0.25) is 4.90 Å². The molecule has 1 aliphatic carbocycles. The number of carbonyl (C=O) groups excluding carboxylic acids is 1. The highest BCUT2D eigenvalue weighted by Crippen LogP contribution is 2.55. The molecule has 136 valence electrons. The van der Waals surface area contributed by atoms with E-state index in [1.807, 2.05) is 12.1 Å². The quantitative estimate of drug-likeness (QED) is 0.601. The van der Waals surface area contributed by atoms with Crippen molar-refractivity contribution in [3.05, 3.63) is 58.2 Å². The fourth-order valence-electron chi connectivity index (χ4n) is 4.62. The Morgan fingerprint density at radius 2 is 1.96 bits per heavy atom. The summed E-state index contributed by atoms with van der Waals surface area (Å²) in [5.74, 6) is 6.20. The van der Waals surface area contributed by atoms with Gasteiger partial charge in [0.2, 0.25) is 0 Å². The first kappa shape index (κ1) is 17.6. The Morgan fingerprint density at radius 3 is 2.63 bits per heavy atom. The number of piperidine rings is 1. The number of fused-ring (bicyclic) bond motifs is 1. The monoisotopic (exact) mass is 358 g/mol. The van der Waals surface area contributed by atoms with Gasteiger partial charge in [0.1, 0.15) is 0 Å². The van der Waals surface area contributed by atoms with Crippen LogP contribution in [0.4, 0.5) is 0 Å². The number of hydrogen-bond acceptors (Lipinski definition) is 4. The normalized spacial score (nSPS) is 26.9. The molecule has 4 rings (SSSR count). The Morgan fingerprint density at radius 1 is 1.22 bits per heavy atom. The Kier molecular flexibility index (Phi) is 4.38. The maximum Gasteiger partial charge on any atom is 0.332 e. The number of hydrogen-bond donors (Lipinski definition) is 0. The van der Waals surface area contributed by atoms with Crippen LogP contribution in [0, 0.1) is 23.2 Å². The summed E-state index contributed by atoms with van der Waals surface area (Å²) >= 11 is 0. The van der Waals surface area contributed by atoms with E-state index < -0.39 is 5.60 Å². The van der Waals surface area contributed by atoms with Gasteiger partial charge in [0.15, 0.2) is 5.60 Å². The number of rotatable bonds is 2. The van der Waals surface area contributed by atoms with Gasteiger partial charge in [-0.15, -0.1) is 0 Å². The van der Waals surface area contributed by atoms with Crippen LogP contribution in [0.5, 0.6) is 0 Å². The molecule has 0 N–H and O–H groups in total. The molecule has 27 heavy (non-hydrogen) atoms. The average molecular weight is 358 g/mol. The fourth-order valence-corrected chi connectivity index (χ4v) is 4.62. The highest BCUT2D eigenvalue weighted by molar-refractivity contribution is 5.93. The molecule has 2 aliphatic heterocycles. The summed E-state index contributed by atoms with van der Waals surface area (Å²) in [7, 11) is 2.12. The number of likely N-dealkylation sites (tertiary alicyclic amines) is 1. The summed E-state index contributed by atoms with van der Waals surface area (Å²) in [5, 5.41) is 8.91. The Balaban J connectivity index is 1.72. The summed E-state index contributed by atoms with van der Waals surface area (Å²) in [5.41, 5.74) is 3.91. The number of carbonyl (C=O) groups is 1. The Hall–Kier alpha value is -2.82. The van der Waals surface area contributed by atoms with Crippen LogP contribution in [-0.4, -0.2) is 36.1 Å². The summed E-state index contributed by atoms with van der Waals surface area (Å²) in [6.45, 7) is 3.13. The molecule has 0 radical (unpaired) electrons. The fraction of sp³-hybridized carbons (Fsp3) is 0.391. The van der Waals surface area contributed by atoms with Gasteiger partial charge in [-0.2, -0.15) is 5.26 Å². The first-order valence-electron chi connectivity index (χ1n) is 9.51. The minimum atomic E-state index is -0.602. The second-order valence-electron chi connectivity index (χ2n) is 7.35. The molecule has 4 nitrogen and oxygen atoms in total. The van der Waals surface area contributed by atoms with Crippen LogP contribution >= 0.6 is 0 Å². The lowest BCUT2D eigenvalue weighted by Gasteiger charge is -2.51. The molecule has 3 aliphatic rings. The Bertz CT molecular complexity index is 953. The topological polar surface area (TPSA) is 53.3 Å². The van der Waals surface area contributed by atoms with E-state index in [1.165, 1.54) is 6.42 Å². The zero-order valence-corrected chi connectivity index (χ0v) is 15.7. The van der Waals surface area contributed by atoms with Crippen LogP contribution in [0.15, 0.2) is 47.1 Å². The Labute approximate surface area is 160 Å². The predicted molar refractivity (Wildman–Crippen MR) is 103 cm³/mol. The van der Waals surface area contributed by atoms with Crippen molar-refractivity contribution in [1.29, 1.82) is 5.26 Å². The zero-order chi connectivity index (χ0) is 19.0. The van der Waals surface area contributed by atoms with Gasteiger partial charge in [-0.05, 0) is 62.7 Å². The van der Waals surface area contributed by atoms with Crippen molar-refractivity contribution in [2.45, 2.75) is 44.2 Å². The van der Waals surface area contributed by atoms with Gasteiger partial charge in [-0.25, -0.2) is 4.79 Å². The lowest BCUT2D eigenvalue weighted by atomic mass is 9.63. The van der Waals surface area contributed by atoms with Crippen molar-refractivity contribution >= 4 is 5.97 Å². The molecule has 1 saturated heterocycles. The summed E-state index contributed by atoms with van der Waals surface area (Å²) in [4.78, 5) is 14.5. The van der Waals surface area contributed by atoms with Crippen molar-refractivity contribution in [1.82, 2.24) is 4.90 Å². The largest absolute Gasteiger partial charge is 0.445 e. The van der Waals surface area contributed by atoms with Crippen LogP contribution in [0.25, 0.3) is 0 Å². The number of likely N-dealkylation sites (N-methyl/N-ethyl adjacent to an activating group) is 1. The number of ether oxygens (including phenoxy) is 1. The van der Waals surface area contributed by atoms with Crippen molar-refractivity contribution in [3.8, 4) is 17.9 Å². The van der Waals surface area contributed by atoms with Crippen molar-refractivity contribution < 1.29 is 9.53 Å². The van der Waals surface area contributed by atoms with E-state index in [2.05, 4.69) is 36.8 Å². The average Bonchev–Trinajstić information content (AvgIpc) is 2.97. The number of esters is 1. The maximum absolute atomic E-state index is 12.2. The van der Waals surface area contributed by atoms with Gasteiger partial charge in [0, 0.05) is 22.8 Å². The van der Waals surface area contributed by atoms with Gasteiger partial charge in [0.25, 0.3) is 0 Å². The van der Waals surface area contributed by atoms with Crippen molar-refractivity contribution in [2.24, 2.45) is 0 Å². The SMILES string of the molecule is CCC1=C(C#Cc2ccc(C#N)cc2)C2=CC(=O)O[C@]21C1CCCCN1C. The minimum Gasteiger partial charge on any atom is -0.445 e. The first-order chi connectivity index (χ1) is 13.1. The molecule has 0 saturated carbocycles. The molecule has 1 fully saturated rings. The van der Waals surface area contributed by atoms with Crippen LogP contribution < -0.4 is 0 Å². The van der Waals surface area contributed by atoms with E-state index >= 15 is 0 Å². The smallest absolute Gasteiger partial charge is 0.332 e. The van der Waals surface area contributed by atoms with Crippen LogP contribution in [0.2, 0.25) is 0 Å². The molecule has 4 heteroatoms. The van der Waals surface area contributed by atoms with Gasteiger partial charge >= 0.3 is 5.97 Å². The van der Waals surface area contributed by atoms with E-state index in [0.717, 1.165) is 48.1 Å². The third kappa shape index (κ3) is 2.69. The van der Waals surface area contributed by atoms with E-state index in [1.54, 1.807) is 18.2 Å². The predicted octanol–water partition coefficient (Wildman–Crippen LogP) is 3.34. The zero-order valence-electron chi connectivity index (χ0n) is 15.7. The van der Waals surface area contributed by atoms with Gasteiger partial charge in [0.05, 0.1) is 17.7 Å². The number of nitrogens with zero attached hydrogens (tertiary/aromatic N) is 2. The van der Waals surface area contributed by atoms with Crippen LogP contribution in [-0.2, 0) is 9.53 Å². The molecule has 2 heterocycles. The number of benzene rings is 1. The molecule has 2 atom stereocenters. The van der Waals surface area contributed by atoms with Gasteiger partial charge in [-0.1, -0.05) is 25.2 Å². The lowest BCUT2D eigenvalue weighted by Crippen LogP contribution is -2.60. The molecular weight excluding hydrogens is 336 g/mol. The molecular formula is C23H22N2O2. The second-order valence-corrected chi connectivity index (χ2v) is 7.35. The standard InChI is InChI=1S/C23H22N2O2/c1-3-19-18(12-11-16-7-9-17(15-24)10-8-16)20-14-22(26)27-23(19,20)21-6-4-5-13-25(21)2/h7-10,14,21H,3-6,13H2,1-2H3/t21?,23-/m0/s1. The van der Waals surface area contributed by atoms with Crippen molar-refractivity contribution in [3.63, 3.8) is 0 Å². The molecule has 0 aromatic heterocycles. The van der Waals surface area contributed by atoms with Crippen LogP contribution in [0.3, 0.4) is 0 Å². The first-order valence-corrected chi connectivity index (χ1v) is 9.51. The molecule has 0 amide bonds. The summed E-state index contributed by atoms with van der Waals surface area (Å²) in [6, 6.07) is 9.54. The van der Waals surface area contributed by atoms with E-state index in [0.29, 0.717) is 5.56 Å². The maximum atomic E-state index is 12.2. The highest BCUT2D eigenvalue weighted by Gasteiger charge is 2.61. The molecule has 0 bridgehead atoms. The minimum absolute atomic E-state index is 0.194. The molecule has 1 unspecified atom stereocenters. The molecule has 0 spiro atoms. The third-order valence-corrected chi connectivity index (χ3v) is 5.88. The van der Waals surface area contributed by atoms with E-state index in [-0.39, 0.29) is 12.0 Å². The summed E-state index contributed by atoms with van der Waals surface area (Å²) in [6.07, 6.45) is 5.81. The lowest BCUT2D eigenvalue weighted by molar-refractivity contribution is -0.150. The van der Waals surface area contributed by atoms with Crippen LogP contribution in [0.1, 0.15) is 43.7 Å². The highest BCUT2D eigenvalue weighted by atomic mass is 16.6. The van der Waals surface area contributed by atoms with Gasteiger partial charge < -0.3 is 4.74 Å². The second kappa shape index (κ2) is 6.72. The van der Waals surface area contributed by atoms with E-state index in [4.69, 9.17) is 10.00 Å². The summed E-state index contributed by atoms with van der Waals surface area (Å²) < 4.78 is 5.94. The van der Waals surface area contributed by atoms with Crippen molar-refractivity contribution in [2.75, 3.05) is 13.6 Å².